The van der Waals surface area contributed by atoms with Crippen molar-refractivity contribution in [2.75, 3.05) is 0 Å². The van der Waals surface area contributed by atoms with E-state index in [1.54, 1.807) is 0 Å². The summed E-state index contributed by atoms with van der Waals surface area (Å²) in [4.78, 5) is 0. The fourth-order valence-corrected chi connectivity index (χ4v) is 2.23. The molecular formula is C14H31N. The predicted molar refractivity (Wildman–Crippen MR) is 70.0 cm³/mol. The SMILES string of the molecule is CCCCCCC(N)C(CC)CCCC. The molecule has 0 saturated carbocycles. The van der Waals surface area contributed by atoms with Crippen LogP contribution in [0, 0.1) is 5.92 Å². The average molecular weight is 213 g/mol. The van der Waals surface area contributed by atoms with Crippen LogP contribution in [0.3, 0.4) is 0 Å². The Morgan fingerprint density at radius 2 is 1.47 bits per heavy atom. The van der Waals surface area contributed by atoms with Crippen molar-refractivity contribution < 1.29 is 0 Å². The third-order valence-electron chi connectivity index (χ3n) is 3.45. The van der Waals surface area contributed by atoms with Crippen LogP contribution in [0.5, 0.6) is 0 Å². The topological polar surface area (TPSA) is 26.0 Å². The third kappa shape index (κ3) is 7.84. The molecule has 0 aromatic heterocycles. The second-order valence-corrected chi connectivity index (χ2v) is 4.82. The van der Waals surface area contributed by atoms with Crippen LogP contribution in [0.1, 0.15) is 78.6 Å². The van der Waals surface area contributed by atoms with Crippen molar-refractivity contribution in [3.8, 4) is 0 Å². The van der Waals surface area contributed by atoms with Gasteiger partial charge in [-0.05, 0) is 18.8 Å². The van der Waals surface area contributed by atoms with Crippen LogP contribution >= 0.6 is 0 Å². The standard InChI is InChI=1S/C14H31N/c1-4-7-9-10-12-14(15)13(6-3)11-8-5-2/h13-14H,4-12,15H2,1-3H3. The van der Waals surface area contributed by atoms with E-state index in [1.807, 2.05) is 0 Å². The van der Waals surface area contributed by atoms with Crippen LogP contribution in [-0.4, -0.2) is 6.04 Å². The highest BCUT2D eigenvalue weighted by Crippen LogP contribution is 2.19. The van der Waals surface area contributed by atoms with E-state index < -0.39 is 0 Å². The Morgan fingerprint density at radius 3 is 2.00 bits per heavy atom. The second-order valence-electron chi connectivity index (χ2n) is 4.82. The minimum atomic E-state index is 0.457. The highest BCUT2D eigenvalue weighted by molar-refractivity contribution is 4.71. The van der Waals surface area contributed by atoms with E-state index in [1.165, 1.54) is 57.8 Å². The van der Waals surface area contributed by atoms with E-state index in [0.717, 1.165) is 5.92 Å². The fourth-order valence-electron chi connectivity index (χ4n) is 2.23. The summed E-state index contributed by atoms with van der Waals surface area (Å²) in [5, 5.41) is 0. The molecule has 0 amide bonds. The zero-order chi connectivity index (χ0) is 11.5. The van der Waals surface area contributed by atoms with E-state index in [2.05, 4.69) is 20.8 Å². The molecule has 2 unspecified atom stereocenters. The first kappa shape index (κ1) is 15.0. The Labute approximate surface area is 96.8 Å². The summed E-state index contributed by atoms with van der Waals surface area (Å²) in [5.41, 5.74) is 6.25. The zero-order valence-corrected chi connectivity index (χ0v) is 11.1. The van der Waals surface area contributed by atoms with Crippen molar-refractivity contribution >= 4 is 0 Å². The lowest BCUT2D eigenvalue weighted by Gasteiger charge is -2.22. The highest BCUT2D eigenvalue weighted by Gasteiger charge is 2.14. The Kier molecular flexibility index (Phi) is 10.4. The molecule has 0 rings (SSSR count). The molecule has 0 aliphatic heterocycles. The molecule has 0 spiro atoms. The zero-order valence-electron chi connectivity index (χ0n) is 11.1. The third-order valence-corrected chi connectivity index (χ3v) is 3.45. The lowest BCUT2D eigenvalue weighted by Crippen LogP contribution is -2.29. The molecule has 2 N–H and O–H groups in total. The highest BCUT2D eigenvalue weighted by atomic mass is 14.6. The first-order valence-corrected chi connectivity index (χ1v) is 7.01. The lowest BCUT2D eigenvalue weighted by molar-refractivity contribution is 0.347. The van der Waals surface area contributed by atoms with E-state index >= 15 is 0 Å². The molecule has 0 heterocycles. The molecule has 0 aromatic rings. The number of hydrogen-bond donors (Lipinski definition) is 1. The van der Waals surface area contributed by atoms with Gasteiger partial charge < -0.3 is 5.73 Å². The summed E-state index contributed by atoms with van der Waals surface area (Å²) in [6, 6.07) is 0.457. The van der Waals surface area contributed by atoms with Gasteiger partial charge in [-0.15, -0.1) is 0 Å². The van der Waals surface area contributed by atoms with Gasteiger partial charge in [0.25, 0.3) is 0 Å². The van der Waals surface area contributed by atoms with Crippen molar-refractivity contribution in [3.63, 3.8) is 0 Å². The normalized spacial score (nSPS) is 15.2. The monoisotopic (exact) mass is 213 g/mol. The molecule has 0 bridgehead atoms. The largest absolute Gasteiger partial charge is 0.327 e. The Morgan fingerprint density at radius 1 is 0.800 bits per heavy atom. The summed E-state index contributed by atoms with van der Waals surface area (Å²) in [5.74, 6) is 0.770. The maximum absolute atomic E-state index is 6.25. The summed E-state index contributed by atoms with van der Waals surface area (Å²) in [6.07, 6.45) is 11.9. The molecule has 0 radical (unpaired) electrons. The molecule has 0 aliphatic rings. The van der Waals surface area contributed by atoms with Crippen molar-refractivity contribution in [1.82, 2.24) is 0 Å². The molecule has 1 heteroatoms. The van der Waals surface area contributed by atoms with Crippen LogP contribution in [0.2, 0.25) is 0 Å². The quantitative estimate of drug-likeness (QED) is 0.531. The Bertz CT molecular complexity index is 123. The van der Waals surface area contributed by atoms with Crippen molar-refractivity contribution in [2.45, 2.75) is 84.6 Å². The molecular weight excluding hydrogens is 182 g/mol. The number of unbranched alkanes of at least 4 members (excludes halogenated alkanes) is 4. The van der Waals surface area contributed by atoms with Gasteiger partial charge in [0, 0.05) is 6.04 Å². The van der Waals surface area contributed by atoms with Crippen molar-refractivity contribution in [3.05, 3.63) is 0 Å². The molecule has 15 heavy (non-hydrogen) atoms. The predicted octanol–water partition coefficient (Wildman–Crippen LogP) is 4.50. The van der Waals surface area contributed by atoms with Gasteiger partial charge >= 0.3 is 0 Å². The summed E-state index contributed by atoms with van der Waals surface area (Å²) < 4.78 is 0. The minimum Gasteiger partial charge on any atom is -0.327 e. The number of nitrogens with two attached hydrogens (primary N) is 1. The van der Waals surface area contributed by atoms with Crippen LogP contribution in [0.4, 0.5) is 0 Å². The first-order chi connectivity index (χ1) is 7.26. The molecule has 0 aliphatic carbocycles. The maximum atomic E-state index is 6.25. The molecule has 92 valence electrons. The number of rotatable bonds is 10. The van der Waals surface area contributed by atoms with Gasteiger partial charge in [-0.1, -0.05) is 65.7 Å². The maximum Gasteiger partial charge on any atom is 0.00670 e. The van der Waals surface area contributed by atoms with Crippen LogP contribution in [0.15, 0.2) is 0 Å². The molecule has 1 nitrogen and oxygen atoms in total. The van der Waals surface area contributed by atoms with Gasteiger partial charge in [0.2, 0.25) is 0 Å². The van der Waals surface area contributed by atoms with Gasteiger partial charge in [-0.3, -0.25) is 0 Å². The minimum absolute atomic E-state index is 0.457. The first-order valence-electron chi connectivity index (χ1n) is 7.01. The molecule has 0 aromatic carbocycles. The van der Waals surface area contributed by atoms with Gasteiger partial charge in [-0.2, -0.15) is 0 Å². The fraction of sp³-hybridized carbons (Fsp3) is 1.00. The van der Waals surface area contributed by atoms with Gasteiger partial charge in [0.1, 0.15) is 0 Å². The molecule has 2 atom stereocenters. The lowest BCUT2D eigenvalue weighted by atomic mass is 9.89. The number of hydrogen-bond acceptors (Lipinski definition) is 1. The average Bonchev–Trinajstić information content (AvgIpc) is 2.25. The van der Waals surface area contributed by atoms with Gasteiger partial charge in [0.15, 0.2) is 0 Å². The van der Waals surface area contributed by atoms with E-state index in [4.69, 9.17) is 5.73 Å². The summed E-state index contributed by atoms with van der Waals surface area (Å²) in [7, 11) is 0. The summed E-state index contributed by atoms with van der Waals surface area (Å²) in [6.45, 7) is 6.81. The van der Waals surface area contributed by atoms with Crippen LogP contribution in [0.25, 0.3) is 0 Å². The Balaban J connectivity index is 3.58. The smallest absolute Gasteiger partial charge is 0.00670 e. The van der Waals surface area contributed by atoms with Crippen molar-refractivity contribution in [1.29, 1.82) is 0 Å². The van der Waals surface area contributed by atoms with Crippen LogP contribution in [-0.2, 0) is 0 Å². The van der Waals surface area contributed by atoms with Gasteiger partial charge in [0.05, 0.1) is 0 Å². The summed E-state index contributed by atoms with van der Waals surface area (Å²) >= 11 is 0. The Hall–Kier alpha value is -0.0400. The van der Waals surface area contributed by atoms with Gasteiger partial charge in [-0.25, -0.2) is 0 Å². The van der Waals surface area contributed by atoms with E-state index in [9.17, 15) is 0 Å². The second kappa shape index (κ2) is 10.5. The van der Waals surface area contributed by atoms with E-state index in [-0.39, 0.29) is 0 Å². The van der Waals surface area contributed by atoms with Crippen LogP contribution < -0.4 is 5.73 Å². The molecule has 0 fully saturated rings. The molecule has 0 saturated heterocycles. The van der Waals surface area contributed by atoms with E-state index in [0.29, 0.717) is 6.04 Å². The van der Waals surface area contributed by atoms with Crippen molar-refractivity contribution in [2.24, 2.45) is 11.7 Å².